The molecule has 6 nitrogen and oxygen atoms in total. The van der Waals surface area contributed by atoms with E-state index in [1.165, 1.54) is 0 Å². The van der Waals surface area contributed by atoms with E-state index in [0.717, 1.165) is 37.2 Å². The number of imidazole rings is 1. The molecule has 1 aliphatic heterocycles. The number of pyridine rings is 1. The molecule has 1 saturated heterocycles. The van der Waals surface area contributed by atoms with Gasteiger partial charge in [-0.15, -0.1) is 12.4 Å². The number of hydrogen-bond acceptors (Lipinski definition) is 5. The molecule has 0 unspecified atom stereocenters. The fourth-order valence-electron chi connectivity index (χ4n) is 2.53. The highest BCUT2D eigenvalue weighted by atomic mass is 35.5. The summed E-state index contributed by atoms with van der Waals surface area (Å²) >= 11 is 0. The van der Waals surface area contributed by atoms with Crippen molar-refractivity contribution < 1.29 is 4.74 Å². The number of nitrogens with one attached hydrogen (secondary N) is 1. The lowest BCUT2D eigenvalue weighted by atomic mass is 9.99. The van der Waals surface area contributed by atoms with Crippen molar-refractivity contribution in [1.29, 1.82) is 0 Å². The van der Waals surface area contributed by atoms with E-state index in [1.54, 1.807) is 12.5 Å². The van der Waals surface area contributed by atoms with Crippen molar-refractivity contribution in [3.05, 3.63) is 24.8 Å². The number of anilines is 1. The lowest BCUT2D eigenvalue weighted by Gasteiger charge is -2.22. The molecule has 3 N–H and O–H groups in total. The molecule has 1 aliphatic rings. The van der Waals surface area contributed by atoms with Gasteiger partial charge in [-0.2, -0.15) is 0 Å². The number of aromatic nitrogens is 3. The fourth-order valence-corrected chi connectivity index (χ4v) is 2.53. The highest BCUT2D eigenvalue weighted by molar-refractivity contribution is 5.85. The molecule has 2 aromatic rings. The predicted molar refractivity (Wildman–Crippen MR) is 89.2 cm³/mol. The zero-order valence-electron chi connectivity index (χ0n) is 12.7. The van der Waals surface area contributed by atoms with Crippen LogP contribution in [-0.2, 0) is 7.05 Å². The number of ether oxygens (including phenoxy) is 1. The molecule has 0 radical (unpaired) electrons. The Morgan fingerprint density at radius 1 is 1.36 bits per heavy atom. The topological polar surface area (TPSA) is 78.0 Å². The van der Waals surface area contributed by atoms with Crippen molar-refractivity contribution in [1.82, 2.24) is 19.9 Å². The molecule has 2 aromatic heterocycles. The molecule has 1 fully saturated rings. The van der Waals surface area contributed by atoms with E-state index in [9.17, 15) is 0 Å². The van der Waals surface area contributed by atoms with Gasteiger partial charge in [0.25, 0.3) is 0 Å². The van der Waals surface area contributed by atoms with Gasteiger partial charge in [0.05, 0.1) is 18.6 Å². The third kappa shape index (κ3) is 3.90. The maximum absolute atomic E-state index is 5.91. The van der Waals surface area contributed by atoms with E-state index in [-0.39, 0.29) is 12.4 Å². The number of aryl methyl sites for hydroxylation is 1. The quantitative estimate of drug-likeness (QED) is 0.898. The van der Waals surface area contributed by atoms with Crippen molar-refractivity contribution in [3.8, 4) is 17.0 Å². The van der Waals surface area contributed by atoms with Gasteiger partial charge in [-0.05, 0) is 37.9 Å². The van der Waals surface area contributed by atoms with Crippen LogP contribution in [0.4, 0.5) is 5.82 Å². The molecule has 0 spiro atoms. The second kappa shape index (κ2) is 7.47. The maximum atomic E-state index is 5.91. The van der Waals surface area contributed by atoms with Crippen LogP contribution in [0.1, 0.15) is 12.8 Å². The molecule has 3 heterocycles. The van der Waals surface area contributed by atoms with Crippen molar-refractivity contribution >= 4 is 18.2 Å². The molecular formula is C15H22ClN5O. The highest BCUT2D eigenvalue weighted by Gasteiger charge is 2.15. The van der Waals surface area contributed by atoms with Gasteiger partial charge in [-0.1, -0.05) is 0 Å². The van der Waals surface area contributed by atoms with Crippen molar-refractivity contribution in [2.45, 2.75) is 12.8 Å². The Balaban J connectivity index is 0.00000176. The average molecular weight is 324 g/mol. The second-order valence-electron chi connectivity index (χ2n) is 5.54. The van der Waals surface area contributed by atoms with Gasteiger partial charge >= 0.3 is 0 Å². The predicted octanol–water partition coefficient (Wildman–Crippen LogP) is 1.86. The number of rotatable bonds is 4. The van der Waals surface area contributed by atoms with Gasteiger partial charge in [0.1, 0.15) is 0 Å². The molecule has 0 aliphatic carbocycles. The van der Waals surface area contributed by atoms with Crippen LogP contribution in [0.5, 0.6) is 5.75 Å². The van der Waals surface area contributed by atoms with Gasteiger partial charge in [0, 0.05) is 25.0 Å². The molecule has 3 rings (SSSR count). The first-order valence-corrected chi connectivity index (χ1v) is 7.30. The Bertz CT molecular complexity index is 610. The van der Waals surface area contributed by atoms with Crippen LogP contribution in [0.25, 0.3) is 11.3 Å². The first-order valence-electron chi connectivity index (χ1n) is 7.30. The third-order valence-electron chi connectivity index (χ3n) is 3.82. The van der Waals surface area contributed by atoms with E-state index >= 15 is 0 Å². The monoisotopic (exact) mass is 323 g/mol. The summed E-state index contributed by atoms with van der Waals surface area (Å²) in [6.07, 6.45) is 7.74. The molecule has 7 heteroatoms. The normalized spacial score (nSPS) is 15.3. The molecule has 120 valence electrons. The third-order valence-corrected chi connectivity index (χ3v) is 3.82. The summed E-state index contributed by atoms with van der Waals surface area (Å²) in [5.74, 6) is 1.67. The molecule has 0 saturated carbocycles. The van der Waals surface area contributed by atoms with Gasteiger partial charge in [-0.25, -0.2) is 9.97 Å². The summed E-state index contributed by atoms with van der Waals surface area (Å²) in [6.45, 7) is 2.82. The molecule has 0 amide bonds. The Hall–Kier alpha value is -1.79. The molecular weight excluding hydrogens is 302 g/mol. The molecule has 0 aromatic carbocycles. The SMILES string of the molecule is Cl.Cn1cnc(-c2cnc(N)c(OCC3CCNCC3)c2)c1. The Morgan fingerprint density at radius 3 is 2.82 bits per heavy atom. The van der Waals surface area contributed by atoms with E-state index in [0.29, 0.717) is 24.1 Å². The van der Waals surface area contributed by atoms with Gasteiger partial charge in [0.15, 0.2) is 11.6 Å². The van der Waals surface area contributed by atoms with Crippen molar-refractivity contribution in [2.75, 3.05) is 25.4 Å². The summed E-state index contributed by atoms with van der Waals surface area (Å²) in [7, 11) is 1.94. The Labute approximate surface area is 136 Å². The van der Waals surface area contributed by atoms with Crippen LogP contribution in [0, 0.1) is 5.92 Å². The van der Waals surface area contributed by atoms with Crippen LogP contribution in [-0.4, -0.2) is 34.2 Å². The zero-order valence-corrected chi connectivity index (χ0v) is 13.5. The minimum Gasteiger partial charge on any atom is -0.489 e. The van der Waals surface area contributed by atoms with E-state index in [4.69, 9.17) is 10.5 Å². The van der Waals surface area contributed by atoms with E-state index in [1.807, 2.05) is 23.9 Å². The van der Waals surface area contributed by atoms with Crippen LogP contribution < -0.4 is 15.8 Å². The summed E-state index contributed by atoms with van der Waals surface area (Å²) in [5, 5.41) is 3.35. The van der Waals surface area contributed by atoms with Gasteiger partial charge in [-0.3, -0.25) is 0 Å². The average Bonchev–Trinajstić information content (AvgIpc) is 2.94. The first kappa shape index (κ1) is 16.6. The fraction of sp³-hybridized carbons (Fsp3) is 0.467. The first-order chi connectivity index (χ1) is 10.2. The minimum atomic E-state index is 0. The van der Waals surface area contributed by atoms with Crippen LogP contribution in [0.15, 0.2) is 24.8 Å². The van der Waals surface area contributed by atoms with Crippen molar-refractivity contribution in [3.63, 3.8) is 0 Å². The zero-order chi connectivity index (χ0) is 14.7. The molecule has 0 atom stereocenters. The number of halogens is 1. The highest BCUT2D eigenvalue weighted by Crippen LogP contribution is 2.27. The molecule has 0 bridgehead atoms. The van der Waals surface area contributed by atoms with Crippen LogP contribution in [0.3, 0.4) is 0 Å². The van der Waals surface area contributed by atoms with Crippen LogP contribution >= 0.6 is 12.4 Å². The molecule has 22 heavy (non-hydrogen) atoms. The standard InChI is InChI=1S/C15H21N5O.ClH/c1-20-8-13(19-10-20)12-6-14(15(16)18-7-12)21-9-11-2-4-17-5-3-11;/h6-8,10-11,17H,2-5,9H2,1H3,(H2,16,18);1H. The largest absolute Gasteiger partial charge is 0.489 e. The number of piperidine rings is 1. The maximum Gasteiger partial charge on any atom is 0.166 e. The van der Waals surface area contributed by atoms with Gasteiger partial charge < -0.3 is 20.4 Å². The van der Waals surface area contributed by atoms with E-state index in [2.05, 4.69) is 15.3 Å². The van der Waals surface area contributed by atoms with Crippen molar-refractivity contribution in [2.24, 2.45) is 13.0 Å². The smallest absolute Gasteiger partial charge is 0.166 e. The van der Waals surface area contributed by atoms with Gasteiger partial charge in [0.2, 0.25) is 0 Å². The summed E-state index contributed by atoms with van der Waals surface area (Å²) in [6, 6.07) is 1.92. The number of nitrogens with two attached hydrogens (primary N) is 1. The lowest BCUT2D eigenvalue weighted by molar-refractivity contribution is 0.216. The Morgan fingerprint density at radius 2 is 2.14 bits per heavy atom. The summed E-state index contributed by atoms with van der Waals surface area (Å²) < 4.78 is 7.80. The summed E-state index contributed by atoms with van der Waals surface area (Å²) in [4.78, 5) is 8.54. The number of hydrogen-bond donors (Lipinski definition) is 2. The second-order valence-corrected chi connectivity index (χ2v) is 5.54. The minimum absolute atomic E-state index is 0. The number of nitrogen functional groups attached to an aromatic ring is 1. The summed E-state index contributed by atoms with van der Waals surface area (Å²) in [5.41, 5.74) is 7.71. The lowest BCUT2D eigenvalue weighted by Crippen LogP contribution is -2.30. The number of nitrogens with zero attached hydrogens (tertiary/aromatic N) is 3. The Kier molecular flexibility index (Phi) is 5.63. The van der Waals surface area contributed by atoms with Crippen LogP contribution in [0.2, 0.25) is 0 Å². The van der Waals surface area contributed by atoms with E-state index < -0.39 is 0 Å².